The van der Waals surface area contributed by atoms with Gasteiger partial charge in [0, 0.05) is 13.1 Å². The van der Waals surface area contributed by atoms with Crippen molar-refractivity contribution in [1.29, 1.82) is 0 Å². The molecule has 0 bridgehead atoms. The van der Waals surface area contributed by atoms with Gasteiger partial charge in [0.1, 0.15) is 17.6 Å². The maximum atomic E-state index is 12.0. The Morgan fingerprint density at radius 1 is 1.04 bits per heavy atom. The van der Waals surface area contributed by atoms with E-state index in [9.17, 15) is 13.2 Å². The smallest absolute Gasteiger partial charge is 0.264 e. The Balaban J connectivity index is 1.59. The molecular weight excluding hydrogens is 354 g/mol. The Kier molecular flexibility index (Phi) is 5.29. The predicted octanol–water partition coefficient (Wildman–Crippen LogP) is 2.86. The van der Waals surface area contributed by atoms with Crippen LogP contribution in [0.25, 0.3) is 0 Å². The van der Waals surface area contributed by atoms with Gasteiger partial charge in [0.25, 0.3) is 10.1 Å². The summed E-state index contributed by atoms with van der Waals surface area (Å²) in [6, 6.07) is 15.3. The molecule has 0 saturated carbocycles. The first-order valence-corrected chi connectivity index (χ1v) is 10.1. The number of carbonyl (C=O) groups excluding carboxylic acids is 1. The first kappa shape index (κ1) is 18.4. The third-order valence-electron chi connectivity index (χ3n) is 4.04. The summed E-state index contributed by atoms with van der Waals surface area (Å²) in [5.74, 6) is 1.36. The van der Waals surface area contributed by atoms with Gasteiger partial charge in [-0.2, -0.15) is 8.42 Å². The van der Waals surface area contributed by atoms with E-state index in [1.54, 1.807) is 4.90 Å². The molecule has 1 heterocycles. The number of aryl methyl sites for hydroxylation is 1. The first-order chi connectivity index (χ1) is 12.3. The normalized spacial score (nSPS) is 17.5. The Hall–Kier alpha value is -2.38. The summed E-state index contributed by atoms with van der Waals surface area (Å²) >= 11 is 0. The molecule has 2 aromatic rings. The van der Waals surface area contributed by atoms with Crippen LogP contribution in [0.1, 0.15) is 17.5 Å². The van der Waals surface area contributed by atoms with Gasteiger partial charge in [0.15, 0.2) is 0 Å². The van der Waals surface area contributed by atoms with Gasteiger partial charge in [0.05, 0.1) is 12.7 Å². The van der Waals surface area contributed by atoms with Crippen molar-refractivity contribution in [2.24, 2.45) is 0 Å². The number of benzene rings is 2. The number of hydrogen-bond acceptors (Lipinski definition) is 5. The zero-order valence-corrected chi connectivity index (χ0v) is 15.5. The average molecular weight is 375 g/mol. The van der Waals surface area contributed by atoms with Gasteiger partial charge in [-0.1, -0.05) is 29.8 Å². The molecule has 138 valence electrons. The molecular formula is C19H21NO5S. The number of amides is 1. The molecule has 0 radical (unpaired) electrons. The third kappa shape index (κ3) is 5.06. The standard InChI is InChI=1S/C19H21NO5S/c1-14-3-7-16(8-4-14)24-17-9-5-15(6-10-17)12-20-13-18(11-19(20)21)25-26(2,22)23/h3-10,18H,11-13H2,1-2H3/t18-/m0/s1. The summed E-state index contributed by atoms with van der Waals surface area (Å²) in [6.07, 6.45) is 0.468. The number of likely N-dealkylation sites (tertiary alicyclic amines) is 1. The molecule has 0 unspecified atom stereocenters. The van der Waals surface area contributed by atoms with E-state index in [1.807, 2.05) is 55.5 Å². The van der Waals surface area contributed by atoms with Gasteiger partial charge >= 0.3 is 0 Å². The second-order valence-electron chi connectivity index (χ2n) is 6.46. The average Bonchev–Trinajstić information content (AvgIpc) is 2.89. The number of ether oxygens (including phenoxy) is 1. The highest BCUT2D eigenvalue weighted by molar-refractivity contribution is 7.86. The van der Waals surface area contributed by atoms with Crippen LogP contribution in [0.15, 0.2) is 48.5 Å². The van der Waals surface area contributed by atoms with Crippen molar-refractivity contribution < 1.29 is 22.1 Å². The van der Waals surface area contributed by atoms with E-state index < -0.39 is 16.2 Å². The summed E-state index contributed by atoms with van der Waals surface area (Å²) in [5.41, 5.74) is 2.11. The lowest BCUT2D eigenvalue weighted by molar-refractivity contribution is -0.128. The fraction of sp³-hybridized carbons (Fsp3) is 0.316. The summed E-state index contributed by atoms with van der Waals surface area (Å²) < 4.78 is 33.1. The van der Waals surface area contributed by atoms with Gasteiger partial charge in [-0.05, 0) is 36.8 Å². The summed E-state index contributed by atoms with van der Waals surface area (Å²) in [4.78, 5) is 13.6. The van der Waals surface area contributed by atoms with Crippen molar-refractivity contribution in [3.05, 3.63) is 59.7 Å². The molecule has 26 heavy (non-hydrogen) atoms. The van der Waals surface area contributed by atoms with E-state index in [0.717, 1.165) is 17.6 Å². The van der Waals surface area contributed by atoms with Crippen molar-refractivity contribution in [2.75, 3.05) is 12.8 Å². The monoisotopic (exact) mass is 375 g/mol. The van der Waals surface area contributed by atoms with Gasteiger partial charge in [-0.3, -0.25) is 8.98 Å². The fourth-order valence-electron chi connectivity index (χ4n) is 2.83. The lowest BCUT2D eigenvalue weighted by atomic mass is 10.2. The maximum Gasteiger partial charge on any atom is 0.264 e. The van der Waals surface area contributed by atoms with Gasteiger partial charge in [0.2, 0.25) is 5.91 Å². The summed E-state index contributed by atoms with van der Waals surface area (Å²) in [5, 5.41) is 0. The van der Waals surface area contributed by atoms with Crippen LogP contribution >= 0.6 is 0 Å². The van der Waals surface area contributed by atoms with E-state index in [4.69, 9.17) is 8.92 Å². The molecule has 0 N–H and O–H groups in total. The zero-order chi connectivity index (χ0) is 18.7. The molecule has 1 aliphatic rings. The van der Waals surface area contributed by atoms with Crippen LogP contribution in [0, 0.1) is 6.92 Å². The van der Waals surface area contributed by atoms with E-state index in [1.165, 1.54) is 5.56 Å². The molecule has 1 atom stereocenters. The van der Waals surface area contributed by atoms with Crippen molar-refractivity contribution in [3.63, 3.8) is 0 Å². The fourth-order valence-corrected chi connectivity index (χ4v) is 3.45. The zero-order valence-electron chi connectivity index (χ0n) is 14.7. The van der Waals surface area contributed by atoms with Gasteiger partial charge in [-0.25, -0.2) is 0 Å². The first-order valence-electron chi connectivity index (χ1n) is 8.28. The molecule has 1 aliphatic heterocycles. The van der Waals surface area contributed by atoms with Crippen LogP contribution in [0.2, 0.25) is 0 Å². The minimum Gasteiger partial charge on any atom is -0.457 e. The van der Waals surface area contributed by atoms with Crippen molar-refractivity contribution in [2.45, 2.75) is 26.0 Å². The summed E-state index contributed by atoms with van der Waals surface area (Å²) in [6.45, 7) is 2.70. The molecule has 3 rings (SSSR count). The number of carbonyl (C=O) groups is 1. The van der Waals surface area contributed by atoms with E-state index in [0.29, 0.717) is 12.3 Å². The molecule has 7 heteroatoms. The van der Waals surface area contributed by atoms with Crippen molar-refractivity contribution >= 4 is 16.0 Å². The minimum atomic E-state index is -3.56. The Bertz CT molecular complexity index is 875. The van der Waals surface area contributed by atoms with Gasteiger partial charge in [-0.15, -0.1) is 0 Å². The van der Waals surface area contributed by atoms with Crippen LogP contribution in [0.3, 0.4) is 0 Å². The van der Waals surface area contributed by atoms with Gasteiger partial charge < -0.3 is 9.64 Å². The molecule has 0 aliphatic carbocycles. The highest BCUT2D eigenvalue weighted by Crippen LogP contribution is 2.24. The minimum absolute atomic E-state index is 0.0850. The van der Waals surface area contributed by atoms with Crippen molar-refractivity contribution in [3.8, 4) is 11.5 Å². The highest BCUT2D eigenvalue weighted by atomic mass is 32.2. The topological polar surface area (TPSA) is 72.9 Å². The molecule has 0 spiro atoms. The quantitative estimate of drug-likeness (QED) is 0.726. The maximum absolute atomic E-state index is 12.0. The van der Waals surface area contributed by atoms with Crippen LogP contribution in [-0.2, 0) is 25.6 Å². The van der Waals surface area contributed by atoms with Crippen LogP contribution in [0.5, 0.6) is 11.5 Å². The molecule has 1 saturated heterocycles. The van der Waals surface area contributed by atoms with Crippen molar-refractivity contribution in [1.82, 2.24) is 4.90 Å². The van der Waals surface area contributed by atoms with E-state index >= 15 is 0 Å². The largest absolute Gasteiger partial charge is 0.457 e. The lowest BCUT2D eigenvalue weighted by Gasteiger charge is -2.16. The van der Waals surface area contributed by atoms with Crippen LogP contribution in [0.4, 0.5) is 0 Å². The highest BCUT2D eigenvalue weighted by Gasteiger charge is 2.32. The molecule has 0 aromatic heterocycles. The number of hydrogen-bond donors (Lipinski definition) is 0. The van der Waals surface area contributed by atoms with Crippen LogP contribution < -0.4 is 4.74 Å². The Morgan fingerprint density at radius 3 is 2.19 bits per heavy atom. The molecule has 1 amide bonds. The SMILES string of the molecule is Cc1ccc(Oc2ccc(CN3C[C@@H](OS(C)(=O)=O)CC3=O)cc2)cc1. The number of rotatable bonds is 6. The second kappa shape index (κ2) is 7.47. The summed E-state index contributed by atoms with van der Waals surface area (Å²) in [7, 11) is -3.56. The molecule has 6 nitrogen and oxygen atoms in total. The third-order valence-corrected chi connectivity index (χ3v) is 4.67. The van der Waals surface area contributed by atoms with E-state index in [2.05, 4.69) is 0 Å². The van der Waals surface area contributed by atoms with E-state index in [-0.39, 0.29) is 18.9 Å². The second-order valence-corrected chi connectivity index (χ2v) is 8.06. The van der Waals surface area contributed by atoms with Crippen LogP contribution in [-0.4, -0.2) is 38.1 Å². The lowest BCUT2D eigenvalue weighted by Crippen LogP contribution is -2.26. The number of nitrogens with zero attached hydrogens (tertiary/aromatic N) is 1. The predicted molar refractivity (Wildman–Crippen MR) is 97.4 cm³/mol. The Morgan fingerprint density at radius 2 is 1.62 bits per heavy atom. The molecule has 1 fully saturated rings. The Labute approximate surface area is 153 Å². The molecule has 2 aromatic carbocycles.